The second-order valence-electron chi connectivity index (χ2n) is 6.12. The van der Waals surface area contributed by atoms with Gasteiger partial charge >= 0.3 is 0 Å². The molecule has 2 heterocycles. The van der Waals surface area contributed by atoms with Crippen LogP contribution in [0.25, 0.3) is 0 Å². The minimum absolute atomic E-state index is 0.470. The third-order valence-corrected chi connectivity index (χ3v) is 4.32. The molecule has 21 heavy (non-hydrogen) atoms. The zero-order valence-corrected chi connectivity index (χ0v) is 13.0. The van der Waals surface area contributed by atoms with Crippen LogP contribution < -0.4 is 5.32 Å². The van der Waals surface area contributed by atoms with Crippen LogP contribution in [0.5, 0.6) is 0 Å². The highest BCUT2D eigenvalue weighted by Crippen LogP contribution is 2.19. The molecule has 0 radical (unpaired) electrons. The first kappa shape index (κ1) is 14.9. The van der Waals surface area contributed by atoms with Gasteiger partial charge in [0.1, 0.15) is 0 Å². The first-order valence-electron chi connectivity index (χ1n) is 8.30. The Morgan fingerprint density at radius 1 is 1.24 bits per heavy atom. The average molecular weight is 293 g/mol. The first-order chi connectivity index (χ1) is 10.3. The van der Waals surface area contributed by atoms with Crippen LogP contribution in [0.4, 0.5) is 0 Å². The Bertz CT molecular complexity index is 423. The van der Waals surface area contributed by atoms with Crippen molar-refractivity contribution < 1.29 is 4.74 Å². The predicted octanol–water partition coefficient (Wildman–Crippen LogP) is 1.03. The Labute approximate surface area is 126 Å². The molecule has 0 spiro atoms. The van der Waals surface area contributed by atoms with Gasteiger partial charge in [0.15, 0.2) is 0 Å². The van der Waals surface area contributed by atoms with Crippen LogP contribution in [0.2, 0.25) is 0 Å². The van der Waals surface area contributed by atoms with Gasteiger partial charge in [-0.15, -0.1) is 5.10 Å². The number of likely N-dealkylation sites (tertiary alicyclic amines) is 1. The minimum atomic E-state index is 0.470. The van der Waals surface area contributed by atoms with E-state index < -0.39 is 0 Å². The predicted molar refractivity (Wildman–Crippen MR) is 81.0 cm³/mol. The summed E-state index contributed by atoms with van der Waals surface area (Å²) in [5, 5.41) is 11.9. The quantitative estimate of drug-likeness (QED) is 0.776. The summed E-state index contributed by atoms with van der Waals surface area (Å²) in [6, 6.07) is 0.724. The van der Waals surface area contributed by atoms with Crippen molar-refractivity contribution in [3.8, 4) is 0 Å². The standard InChI is InChI=1S/C15H27N5O/c1-2-21-15-5-7-19(8-6-15)9-10-20-12-14(17-18-20)11-16-13-3-4-13/h12-13,15-16H,2-11H2,1H3. The Balaban J connectivity index is 1.35. The molecule has 1 aliphatic heterocycles. The Morgan fingerprint density at radius 3 is 2.76 bits per heavy atom. The van der Waals surface area contributed by atoms with Crippen LogP contribution in [0.3, 0.4) is 0 Å². The molecule has 0 bridgehead atoms. The topological polar surface area (TPSA) is 55.2 Å². The zero-order chi connectivity index (χ0) is 14.5. The molecule has 2 aliphatic rings. The second kappa shape index (κ2) is 7.33. The van der Waals surface area contributed by atoms with Gasteiger partial charge < -0.3 is 15.0 Å². The van der Waals surface area contributed by atoms with Gasteiger partial charge in [-0.3, -0.25) is 4.68 Å². The van der Waals surface area contributed by atoms with Crippen LogP contribution in [0.15, 0.2) is 6.20 Å². The lowest BCUT2D eigenvalue weighted by Crippen LogP contribution is -2.38. The third-order valence-electron chi connectivity index (χ3n) is 4.32. The molecule has 1 saturated heterocycles. The molecule has 3 rings (SSSR count). The van der Waals surface area contributed by atoms with Crippen molar-refractivity contribution in [3.05, 3.63) is 11.9 Å². The van der Waals surface area contributed by atoms with E-state index in [2.05, 4.69) is 33.6 Å². The molecule has 1 N–H and O–H groups in total. The van der Waals surface area contributed by atoms with Gasteiger partial charge in [0, 0.05) is 45.0 Å². The molecule has 0 unspecified atom stereocenters. The van der Waals surface area contributed by atoms with E-state index in [4.69, 9.17) is 4.74 Å². The van der Waals surface area contributed by atoms with Gasteiger partial charge in [-0.1, -0.05) is 5.21 Å². The molecule has 1 aliphatic carbocycles. The van der Waals surface area contributed by atoms with Gasteiger partial charge in [-0.2, -0.15) is 0 Å². The molecule has 1 saturated carbocycles. The fourth-order valence-corrected chi connectivity index (χ4v) is 2.84. The van der Waals surface area contributed by atoms with Crippen LogP contribution in [0.1, 0.15) is 38.3 Å². The van der Waals surface area contributed by atoms with E-state index in [1.165, 1.54) is 12.8 Å². The van der Waals surface area contributed by atoms with Crippen molar-refractivity contribution in [1.82, 2.24) is 25.2 Å². The van der Waals surface area contributed by atoms with Crippen LogP contribution in [-0.4, -0.2) is 58.3 Å². The van der Waals surface area contributed by atoms with Crippen LogP contribution in [-0.2, 0) is 17.8 Å². The van der Waals surface area contributed by atoms with E-state index in [0.29, 0.717) is 6.10 Å². The van der Waals surface area contributed by atoms with Crippen molar-refractivity contribution in [3.63, 3.8) is 0 Å². The third kappa shape index (κ3) is 4.76. The lowest BCUT2D eigenvalue weighted by molar-refractivity contribution is 0.0134. The number of nitrogens with zero attached hydrogens (tertiary/aromatic N) is 4. The van der Waals surface area contributed by atoms with Crippen LogP contribution >= 0.6 is 0 Å². The number of ether oxygens (including phenoxy) is 1. The van der Waals surface area contributed by atoms with E-state index >= 15 is 0 Å². The molecule has 6 nitrogen and oxygen atoms in total. The summed E-state index contributed by atoms with van der Waals surface area (Å²) in [6.07, 6.45) is 7.47. The number of hydrogen-bond donors (Lipinski definition) is 1. The maximum Gasteiger partial charge on any atom is 0.0964 e. The molecule has 0 aromatic carbocycles. The zero-order valence-electron chi connectivity index (χ0n) is 13.0. The van der Waals surface area contributed by atoms with Gasteiger partial charge in [0.2, 0.25) is 0 Å². The highest BCUT2D eigenvalue weighted by atomic mass is 16.5. The van der Waals surface area contributed by atoms with E-state index in [-0.39, 0.29) is 0 Å². The smallest absolute Gasteiger partial charge is 0.0964 e. The molecule has 118 valence electrons. The second-order valence-corrected chi connectivity index (χ2v) is 6.12. The van der Waals surface area contributed by atoms with E-state index in [0.717, 1.165) is 63.9 Å². The van der Waals surface area contributed by atoms with Crippen LogP contribution in [0, 0.1) is 0 Å². The first-order valence-corrected chi connectivity index (χ1v) is 8.30. The molecular formula is C15H27N5O. The number of aromatic nitrogens is 3. The fraction of sp³-hybridized carbons (Fsp3) is 0.867. The summed E-state index contributed by atoms with van der Waals surface area (Å²) >= 11 is 0. The van der Waals surface area contributed by atoms with Crippen molar-refractivity contribution in [1.29, 1.82) is 0 Å². The lowest BCUT2D eigenvalue weighted by Gasteiger charge is -2.31. The van der Waals surface area contributed by atoms with E-state index in [1.807, 2.05) is 4.68 Å². The molecule has 2 fully saturated rings. The molecule has 6 heteroatoms. The van der Waals surface area contributed by atoms with Gasteiger partial charge in [0.25, 0.3) is 0 Å². The number of hydrogen-bond acceptors (Lipinski definition) is 5. The van der Waals surface area contributed by atoms with E-state index in [9.17, 15) is 0 Å². The molecule has 1 aromatic heterocycles. The van der Waals surface area contributed by atoms with Crippen molar-refractivity contribution in [2.24, 2.45) is 0 Å². The Hall–Kier alpha value is -0.980. The summed E-state index contributed by atoms with van der Waals surface area (Å²) in [5.74, 6) is 0. The maximum absolute atomic E-state index is 5.69. The average Bonchev–Trinajstić information content (AvgIpc) is 3.23. The summed E-state index contributed by atoms with van der Waals surface area (Å²) in [6.45, 7) is 8.01. The van der Waals surface area contributed by atoms with Gasteiger partial charge in [0.05, 0.1) is 18.3 Å². The normalized spacial score (nSPS) is 21.0. The largest absolute Gasteiger partial charge is 0.378 e. The van der Waals surface area contributed by atoms with Gasteiger partial charge in [-0.25, -0.2) is 0 Å². The highest BCUT2D eigenvalue weighted by molar-refractivity contribution is 4.94. The minimum Gasteiger partial charge on any atom is -0.378 e. The summed E-state index contributed by atoms with van der Waals surface area (Å²) in [4.78, 5) is 2.50. The number of piperidine rings is 1. The summed E-state index contributed by atoms with van der Waals surface area (Å²) < 4.78 is 7.66. The van der Waals surface area contributed by atoms with Crippen molar-refractivity contribution >= 4 is 0 Å². The fourth-order valence-electron chi connectivity index (χ4n) is 2.84. The summed E-state index contributed by atoms with van der Waals surface area (Å²) in [7, 11) is 0. The molecular weight excluding hydrogens is 266 g/mol. The number of rotatable bonds is 8. The van der Waals surface area contributed by atoms with Gasteiger partial charge in [-0.05, 0) is 32.6 Å². The molecule has 0 amide bonds. The number of nitrogens with one attached hydrogen (secondary N) is 1. The van der Waals surface area contributed by atoms with E-state index in [1.54, 1.807) is 0 Å². The summed E-state index contributed by atoms with van der Waals surface area (Å²) in [5.41, 5.74) is 1.05. The highest BCUT2D eigenvalue weighted by Gasteiger charge is 2.21. The SMILES string of the molecule is CCOC1CCN(CCn2cc(CNC3CC3)nn2)CC1. The van der Waals surface area contributed by atoms with Crippen molar-refractivity contribution in [2.75, 3.05) is 26.2 Å². The molecule has 1 aromatic rings. The molecule has 0 atom stereocenters. The maximum atomic E-state index is 5.69. The van der Waals surface area contributed by atoms with Crippen molar-refractivity contribution in [2.45, 2.75) is 57.8 Å². The lowest BCUT2D eigenvalue weighted by atomic mass is 10.1. The Morgan fingerprint density at radius 2 is 2.05 bits per heavy atom. The monoisotopic (exact) mass is 293 g/mol. The Kier molecular flexibility index (Phi) is 5.22.